The summed E-state index contributed by atoms with van der Waals surface area (Å²) in [5.41, 5.74) is 4.04. The number of aryl methyl sites for hydroxylation is 2. The second-order valence-corrected chi connectivity index (χ2v) is 15.4. The highest BCUT2D eigenvalue weighted by molar-refractivity contribution is 6.74. The van der Waals surface area contributed by atoms with Gasteiger partial charge >= 0.3 is 5.97 Å². The number of ketones is 1. The molecule has 4 nitrogen and oxygen atoms in total. The van der Waals surface area contributed by atoms with Crippen molar-refractivity contribution >= 4 is 20.1 Å². The summed E-state index contributed by atoms with van der Waals surface area (Å²) in [6, 6.07) is 1.97. The summed E-state index contributed by atoms with van der Waals surface area (Å²) in [5, 5.41) is 0.0997. The third-order valence-electron chi connectivity index (χ3n) is 6.72. The lowest BCUT2D eigenvalue weighted by atomic mass is 9.90. The van der Waals surface area contributed by atoms with E-state index in [9.17, 15) is 9.59 Å². The Morgan fingerprint density at radius 1 is 1.09 bits per heavy atom. The average Bonchev–Trinajstić information content (AvgIpc) is 2.70. The van der Waals surface area contributed by atoms with Crippen molar-refractivity contribution in [1.29, 1.82) is 0 Å². The van der Waals surface area contributed by atoms with Crippen LogP contribution in [-0.4, -0.2) is 32.3 Å². The zero-order valence-electron chi connectivity index (χ0n) is 22.7. The van der Waals surface area contributed by atoms with Crippen LogP contribution in [0.15, 0.2) is 43.5 Å². The number of allylic oxidation sites excluding steroid dienone is 1. The van der Waals surface area contributed by atoms with E-state index in [0.717, 1.165) is 22.3 Å². The normalized spacial score (nSPS) is 14.0. The van der Waals surface area contributed by atoms with Crippen LogP contribution in [0.25, 0.3) is 0 Å². The Bertz CT molecular complexity index is 934. The summed E-state index contributed by atoms with van der Waals surface area (Å²) in [7, 11) is -1.93. The first kappa shape index (κ1) is 29.8. The highest BCUT2D eigenvalue weighted by Crippen LogP contribution is 2.37. The van der Waals surface area contributed by atoms with Crippen molar-refractivity contribution in [2.45, 2.75) is 98.1 Å². The van der Waals surface area contributed by atoms with E-state index in [2.05, 4.69) is 47.0 Å². The molecule has 1 aromatic carbocycles. The number of hydrogen-bond acceptors (Lipinski definition) is 4. The average molecular weight is 485 g/mol. The zero-order valence-corrected chi connectivity index (χ0v) is 23.7. The number of carbonyl (C=O) groups excluding carboxylic acids is 2. The first-order chi connectivity index (χ1) is 15.6. The van der Waals surface area contributed by atoms with E-state index in [1.807, 2.05) is 45.9 Å². The fourth-order valence-electron chi connectivity index (χ4n) is 3.51. The van der Waals surface area contributed by atoms with Crippen molar-refractivity contribution in [3.05, 3.63) is 71.3 Å². The van der Waals surface area contributed by atoms with Crippen molar-refractivity contribution in [2.75, 3.05) is 0 Å². The number of esters is 1. The van der Waals surface area contributed by atoms with Crippen LogP contribution in [0.2, 0.25) is 18.1 Å². The predicted molar refractivity (Wildman–Crippen MR) is 145 cm³/mol. The Balaban J connectivity index is 3.05. The van der Waals surface area contributed by atoms with Gasteiger partial charge in [-0.1, -0.05) is 45.1 Å². The summed E-state index contributed by atoms with van der Waals surface area (Å²) >= 11 is 0. The number of hydrogen-bond donors (Lipinski definition) is 0. The Kier molecular flexibility index (Phi) is 10.9. The molecule has 0 aliphatic heterocycles. The Labute approximate surface area is 208 Å². The Morgan fingerprint density at radius 2 is 1.71 bits per heavy atom. The fourth-order valence-corrected chi connectivity index (χ4v) is 4.82. The SMILES string of the molecule is C=CC[C@@H](C)OC(=O)c1c(C)cc(C)c(C)c1CC(=O)/C=C/C[C@H](C=C)O[Si](C)(C)C(C)(C)C. The molecule has 34 heavy (non-hydrogen) atoms. The number of carbonyl (C=O) groups is 2. The minimum atomic E-state index is -1.93. The molecule has 0 aliphatic carbocycles. The standard InChI is InChI=1S/C29H44O4Si/c1-12-15-22(5)32-28(31)27-21(4)18-20(3)23(6)26(27)19-24(30)16-14-17-25(13-2)33-34(10,11)29(7,8)9/h12-14,16,18,22,25H,1-2,15,17,19H2,3-11H3/b16-14+/t22-,25+/m1/s1. The van der Waals surface area contributed by atoms with Gasteiger partial charge in [-0.05, 0) is 80.6 Å². The van der Waals surface area contributed by atoms with E-state index < -0.39 is 14.3 Å². The first-order valence-corrected chi connectivity index (χ1v) is 15.0. The van der Waals surface area contributed by atoms with Gasteiger partial charge in [-0.15, -0.1) is 13.2 Å². The van der Waals surface area contributed by atoms with Gasteiger partial charge in [0.2, 0.25) is 0 Å². The lowest BCUT2D eigenvalue weighted by Crippen LogP contribution is -2.43. The molecule has 188 valence electrons. The van der Waals surface area contributed by atoms with Crippen molar-refractivity contribution in [2.24, 2.45) is 0 Å². The summed E-state index contributed by atoms with van der Waals surface area (Å²) in [4.78, 5) is 25.9. The summed E-state index contributed by atoms with van der Waals surface area (Å²) in [5.74, 6) is -0.451. The van der Waals surface area contributed by atoms with Gasteiger partial charge in [0.15, 0.2) is 14.1 Å². The van der Waals surface area contributed by atoms with Crippen LogP contribution >= 0.6 is 0 Å². The van der Waals surface area contributed by atoms with Crippen molar-refractivity contribution < 1.29 is 18.8 Å². The maximum atomic E-state index is 13.0. The molecule has 0 radical (unpaired) electrons. The van der Waals surface area contributed by atoms with Gasteiger partial charge in [0.1, 0.15) is 6.10 Å². The minimum Gasteiger partial charge on any atom is -0.459 e. The van der Waals surface area contributed by atoms with E-state index in [4.69, 9.17) is 9.16 Å². The smallest absolute Gasteiger partial charge is 0.338 e. The van der Waals surface area contributed by atoms with E-state index >= 15 is 0 Å². The maximum Gasteiger partial charge on any atom is 0.338 e. The molecule has 0 saturated carbocycles. The lowest BCUT2D eigenvalue weighted by Gasteiger charge is -2.38. The molecule has 1 aromatic rings. The van der Waals surface area contributed by atoms with E-state index in [1.165, 1.54) is 0 Å². The second kappa shape index (κ2) is 12.5. The number of ether oxygens (including phenoxy) is 1. The monoisotopic (exact) mass is 484 g/mol. The van der Waals surface area contributed by atoms with Crippen molar-refractivity contribution in [3.63, 3.8) is 0 Å². The Morgan fingerprint density at radius 3 is 2.24 bits per heavy atom. The van der Waals surface area contributed by atoms with Crippen molar-refractivity contribution in [3.8, 4) is 0 Å². The van der Waals surface area contributed by atoms with Crippen LogP contribution in [-0.2, 0) is 20.4 Å². The molecule has 0 aromatic heterocycles. The van der Waals surface area contributed by atoms with Gasteiger partial charge in [-0.3, -0.25) is 4.79 Å². The van der Waals surface area contributed by atoms with Crippen LogP contribution in [0.1, 0.15) is 73.1 Å². The molecule has 0 saturated heterocycles. The molecular formula is C29H44O4Si. The minimum absolute atomic E-state index is 0.0589. The third kappa shape index (κ3) is 8.21. The van der Waals surface area contributed by atoms with Crippen LogP contribution in [0.5, 0.6) is 0 Å². The topological polar surface area (TPSA) is 52.6 Å². The quantitative estimate of drug-likeness (QED) is 0.134. The van der Waals surface area contributed by atoms with Crippen LogP contribution in [0, 0.1) is 20.8 Å². The summed E-state index contributed by atoms with van der Waals surface area (Å²) in [6.07, 6.45) is 7.88. The molecule has 0 spiro atoms. The van der Waals surface area contributed by atoms with Crippen LogP contribution < -0.4 is 0 Å². The molecule has 0 amide bonds. The van der Waals surface area contributed by atoms with Crippen molar-refractivity contribution in [1.82, 2.24) is 0 Å². The fraction of sp³-hybridized carbons (Fsp3) is 0.517. The molecule has 0 unspecified atom stereocenters. The van der Waals surface area contributed by atoms with E-state index in [0.29, 0.717) is 18.4 Å². The Hall–Kier alpha value is -2.24. The molecule has 5 heteroatoms. The molecule has 0 aliphatic rings. The second-order valence-electron chi connectivity index (χ2n) is 10.7. The van der Waals surface area contributed by atoms with Crippen LogP contribution in [0.3, 0.4) is 0 Å². The van der Waals surface area contributed by atoms with Gasteiger partial charge < -0.3 is 9.16 Å². The maximum absolute atomic E-state index is 13.0. The highest BCUT2D eigenvalue weighted by Gasteiger charge is 2.38. The van der Waals surface area contributed by atoms with Gasteiger partial charge in [0.25, 0.3) is 0 Å². The van der Waals surface area contributed by atoms with Gasteiger partial charge in [0, 0.05) is 12.8 Å². The van der Waals surface area contributed by atoms with Crippen LogP contribution in [0.4, 0.5) is 0 Å². The third-order valence-corrected chi connectivity index (χ3v) is 11.2. The molecule has 0 heterocycles. The largest absolute Gasteiger partial charge is 0.459 e. The summed E-state index contributed by atoms with van der Waals surface area (Å²) in [6.45, 7) is 26.3. The summed E-state index contributed by atoms with van der Waals surface area (Å²) < 4.78 is 12.0. The zero-order chi connectivity index (χ0) is 26.3. The predicted octanol–water partition coefficient (Wildman–Crippen LogP) is 7.37. The first-order valence-electron chi connectivity index (χ1n) is 12.1. The molecule has 0 fully saturated rings. The highest BCUT2D eigenvalue weighted by atomic mass is 28.4. The van der Waals surface area contributed by atoms with Gasteiger partial charge in [-0.25, -0.2) is 4.79 Å². The van der Waals surface area contributed by atoms with E-state index in [-0.39, 0.29) is 29.5 Å². The molecule has 1 rings (SSSR count). The van der Waals surface area contributed by atoms with E-state index in [1.54, 1.807) is 12.2 Å². The molecule has 2 atom stereocenters. The molecule has 0 N–H and O–H groups in total. The lowest BCUT2D eigenvalue weighted by molar-refractivity contribution is -0.114. The molecule has 0 bridgehead atoms. The molecular weight excluding hydrogens is 440 g/mol. The van der Waals surface area contributed by atoms with Gasteiger partial charge in [-0.2, -0.15) is 0 Å². The van der Waals surface area contributed by atoms with Gasteiger partial charge in [0.05, 0.1) is 11.7 Å². The number of benzene rings is 1. The number of rotatable bonds is 12.